The maximum atomic E-state index is 11.0. The lowest BCUT2D eigenvalue weighted by Gasteiger charge is -2.01. The zero-order valence-corrected chi connectivity index (χ0v) is 11.9. The van der Waals surface area contributed by atoms with E-state index in [1.165, 1.54) is 11.8 Å². The molecule has 0 aliphatic rings. The van der Waals surface area contributed by atoms with Crippen LogP contribution in [-0.4, -0.2) is 16.1 Å². The van der Waals surface area contributed by atoms with Gasteiger partial charge in [-0.25, -0.2) is 9.78 Å². The third kappa shape index (κ3) is 2.95. The molecule has 0 bridgehead atoms. The number of benzene rings is 1. The highest BCUT2D eigenvalue weighted by Crippen LogP contribution is 2.34. The minimum Gasteiger partial charge on any atom is -0.477 e. The number of carboxylic acids is 1. The lowest BCUT2D eigenvalue weighted by atomic mass is 10.2. The van der Waals surface area contributed by atoms with Crippen LogP contribution in [0.15, 0.2) is 27.4 Å². The van der Waals surface area contributed by atoms with E-state index in [1.807, 2.05) is 19.1 Å². The molecule has 2 aromatic rings. The van der Waals surface area contributed by atoms with Crippen LogP contribution in [-0.2, 0) is 0 Å². The third-order valence-electron chi connectivity index (χ3n) is 2.42. The number of rotatable bonds is 3. The van der Waals surface area contributed by atoms with Crippen molar-refractivity contribution in [1.29, 1.82) is 5.26 Å². The number of aromatic carboxylic acids is 1. The van der Waals surface area contributed by atoms with Crippen molar-refractivity contribution in [2.75, 3.05) is 0 Å². The zero-order valence-electron chi connectivity index (χ0n) is 10.3. The fourth-order valence-electron chi connectivity index (χ4n) is 1.53. The maximum Gasteiger partial charge on any atom is 0.347 e. The Balaban J connectivity index is 2.34. The second-order valence-corrected chi connectivity index (χ2v) is 6.20. The summed E-state index contributed by atoms with van der Waals surface area (Å²) in [7, 11) is 0. The van der Waals surface area contributed by atoms with Crippen LogP contribution < -0.4 is 0 Å². The monoisotopic (exact) mass is 290 g/mol. The molecule has 1 aromatic heterocycles. The normalized spacial score (nSPS) is 10.2. The van der Waals surface area contributed by atoms with Crippen LogP contribution in [0.4, 0.5) is 0 Å². The molecule has 0 radical (unpaired) electrons. The molecule has 1 heterocycles. The second-order valence-electron chi connectivity index (χ2n) is 3.91. The molecule has 1 N–H and O–H groups in total. The fourth-order valence-corrected chi connectivity index (χ4v) is 3.57. The number of aryl methyl sites for hydroxylation is 2. The van der Waals surface area contributed by atoms with E-state index in [0.29, 0.717) is 15.6 Å². The van der Waals surface area contributed by atoms with Crippen LogP contribution in [0.1, 0.15) is 26.5 Å². The summed E-state index contributed by atoms with van der Waals surface area (Å²) in [4.78, 5) is 16.2. The molecule has 0 unspecified atom stereocenters. The van der Waals surface area contributed by atoms with E-state index in [0.717, 1.165) is 21.8 Å². The molecule has 4 nitrogen and oxygen atoms in total. The highest BCUT2D eigenvalue weighted by Gasteiger charge is 2.15. The zero-order chi connectivity index (χ0) is 14.0. The Morgan fingerprint density at radius 2 is 2.21 bits per heavy atom. The van der Waals surface area contributed by atoms with Crippen molar-refractivity contribution < 1.29 is 9.90 Å². The number of thiazole rings is 1. The number of aromatic nitrogens is 1. The summed E-state index contributed by atoms with van der Waals surface area (Å²) in [5, 5.41) is 18.1. The molecule has 0 atom stereocenters. The number of hydrogen-bond donors (Lipinski definition) is 1. The van der Waals surface area contributed by atoms with Gasteiger partial charge in [0.2, 0.25) is 0 Å². The molecule has 1 aromatic carbocycles. The predicted octanol–water partition coefficient (Wildman–Crippen LogP) is 3.48. The highest BCUT2D eigenvalue weighted by atomic mass is 32.2. The van der Waals surface area contributed by atoms with Gasteiger partial charge in [0.15, 0.2) is 4.34 Å². The average Bonchev–Trinajstić information content (AvgIpc) is 2.72. The van der Waals surface area contributed by atoms with E-state index in [2.05, 4.69) is 11.1 Å². The smallest absolute Gasteiger partial charge is 0.347 e. The Morgan fingerprint density at radius 3 is 2.79 bits per heavy atom. The SMILES string of the molecule is Cc1ccc(Sc2nc(C)c(C(=O)O)s2)c(C#N)c1. The van der Waals surface area contributed by atoms with E-state index in [-0.39, 0.29) is 4.88 Å². The summed E-state index contributed by atoms with van der Waals surface area (Å²) in [6.07, 6.45) is 0. The summed E-state index contributed by atoms with van der Waals surface area (Å²) in [6, 6.07) is 7.72. The Kier molecular flexibility index (Phi) is 3.88. The lowest BCUT2D eigenvalue weighted by Crippen LogP contribution is -1.94. The van der Waals surface area contributed by atoms with Crippen LogP contribution in [0.25, 0.3) is 0 Å². The Labute approximate surface area is 118 Å². The number of carbonyl (C=O) groups is 1. The van der Waals surface area contributed by atoms with Crippen LogP contribution in [0.2, 0.25) is 0 Å². The third-order valence-corrected chi connectivity index (χ3v) is 4.71. The molecule has 0 aliphatic carbocycles. The van der Waals surface area contributed by atoms with Crippen molar-refractivity contribution >= 4 is 29.1 Å². The molecule has 19 heavy (non-hydrogen) atoms. The van der Waals surface area contributed by atoms with Crippen LogP contribution >= 0.6 is 23.1 Å². The van der Waals surface area contributed by atoms with Crippen LogP contribution in [0.5, 0.6) is 0 Å². The number of nitrogens with zero attached hydrogens (tertiary/aromatic N) is 2. The molecule has 0 fully saturated rings. The van der Waals surface area contributed by atoms with Gasteiger partial charge < -0.3 is 5.11 Å². The molecule has 96 valence electrons. The van der Waals surface area contributed by atoms with Crippen molar-refractivity contribution in [3.05, 3.63) is 39.9 Å². The number of nitriles is 1. The first kappa shape index (κ1) is 13.6. The van der Waals surface area contributed by atoms with Gasteiger partial charge in [0.1, 0.15) is 10.9 Å². The first-order chi connectivity index (χ1) is 9.01. The van der Waals surface area contributed by atoms with Crippen molar-refractivity contribution in [1.82, 2.24) is 4.98 Å². The predicted molar refractivity (Wildman–Crippen MR) is 73.8 cm³/mol. The van der Waals surface area contributed by atoms with Gasteiger partial charge in [0, 0.05) is 4.90 Å². The van der Waals surface area contributed by atoms with E-state index in [9.17, 15) is 4.79 Å². The molecule has 0 amide bonds. The van der Waals surface area contributed by atoms with E-state index >= 15 is 0 Å². The first-order valence-electron chi connectivity index (χ1n) is 5.40. The van der Waals surface area contributed by atoms with Gasteiger partial charge in [0.25, 0.3) is 0 Å². The molecule has 2 rings (SSSR count). The Morgan fingerprint density at radius 1 is 1.47 bits per heavy atom. The summed E-state index contributed by atoms with van der Waals surface area (Å²) < 4.78 is 0.634. The Hall–Kier alpha value is -1.84. The second kappa shape index (κ2) is 5.43. The highest BCUT2D eigenvalue weighted by molar-refractivity contribution is 8.01. The maximum absolute atomic E-state index is 11.0. The van der Waals surface area contributed by atoms with E-state index in [1.54, 1.807) is 13.0 Å². The van der Waals surface area contributed by atoms with Gasteiger partial charge in [-0.1, -0.05) is 17.8 Å². The molecular formula is C13H10N2O2S2. The van der Waals surface area contributed by atoms with Gasteiger partial charge in [0.05, 0.1) is 11.3 Å². The quantitative estimate of drug-likeness (QED) is 0.936. The topological polar surface area (TPSA) is 74.0 Å². The molecule has 6 heteroatoms. The summed E-state index contributed by atoms with van der Waals surface area (Å²) >= 11 is 2.45. The first-order valence-corrected chi connectivity index (χ1v) is 7.04. The van der Waals surface area contributed by atoms with E-state index < -0.39 is 5.97 Å². The van der Waals surface area contributed by atoms with Gasteiger partial charge >= 0.3 is 5.97 Å². The van der Waals surface area contributed by atoms with Gasteiger partial charge in [-0.05, 0) is 31.5 Å². The minimum absolute atomic E-state index is 0.244. The molecular weight excluding hydrogens is 280 g/mol. The van der Waals surface area contributed by atoms with Crippen molar-refractivity contribution in [2.24, 2.45) is 0 Å². The van der Waals surface area contributed by atoms with Gasteiger partial charge in [-0.2, -0.15) is 5.26 Å². The summed E-state index contributed by atoms with van der Waals surface area (Å²) in [6.45, 7) is 3.59. The number of hydrogen-bond acceptors (Lipinski definition) is 5. The minimum atomic E-state index is -0.966. The molecule has 0 saturated carbocycles. The van der Waals surface area contributed by atoms with Crippen LogP contribution in [0.3, 0.4) is 0 Å². The molecule has 0 aliphatic heterocycles. The standard InChI is InChI=1S/C13H10N2O2S2/c1-7-3-4-10(9(5-7)6-14)18-13-15-8(2)11(19-13)12(16)17/h3-5H,1-2H3,(H,16,17). The molecule has 0 spiro atoms. The van der Waals surface area contributed by atoms with Gasteiger partial charge in [-0.3, -0.25) is 0 Å². The largest absolute Gasteiger partial charge is 0.477 e. The average molecular weight is 290 g/mol. The van der Waals surface area contributed by atoms with E-state index in [4.69, 9.17) is 10.4 Å². The summed E-state index contributed by atoms with van der Waals surface area (Å²) in [5.74, 6) is -0.966. The van der Waals surface area contributed by atoms with Crippen molar-refractivity contribution in [3.63, 3.8) is 0 Å². The van der Waals surface area contributed by atoms with Crippen LogP contribution in [0, 0.1) is 25.2 Å². The van der Waals surface area contributed by atoms with Gasteiger partial charge in [-0.15, -0.1) is 11.3 Å². The lowest BCUT2D eigenvalue weighted by molar-refractivity contribution is 0.0701. The van der Waals surface area contributed by atoms with Crippen molar-refractivity contribution in [3.8, 4) is 6.07 Å². The number of carboxylic acid groups (broad SMARTS) is 1. The fraction of sp³-hybridized carbons (Fsp3) is 0.154. The molecule has 0 saturated heterocycles. The summed E-state index contributed by atoms with van der Waals surface area (Å²) in [5.41, 5.74) is 2.10. The Bertz CT molecular complexity index is 686. The van der Waals surface area contributed by atoms with Crippen molar-refractivity contribution in [2.45, 2.75) is 23.1 Å².